The number of carbonyl (C=O) groups is 1. The molecule has 186 valence electrons. The molecule has 0 aliphatic carbocycles. The molecule has 36 heavy (non-hydrogen) atoms. The number of esters is 1. The number of hydrogen-bond acceptors (Lipinski definition) is 7. The number of fused-ring (bicyclic) bond motifs is 1. The van der Waals surface area contributed by atoms with Crippen molar-refractivity contribution in [3.63, 3.8) is 0 Å². The van der Waals surface area contributed by atoms with Crippen molar-refractivity contribution in [2.45, 2.75) is 26.8 Å². The fourth-order valence-corrected chi connectivity index (χ4v) is 5.07. The summed E-state index contributed by atoms with van der Waals surface area (Å²) in [4.78, 5) is 31.8. The van der Waals surface area contributed by atoms with Crippen molar-refractivity contribution in [3.8, 4) is 11.5 Å². The standard InChI is InChI=1S/C28H28N2O5S/c1-5-15-35-22-10-8-9-19(16-22)17-23-26(31)30-25(20-11-13-21(14-12-20)33-6-2)24(27(32)34-7-3)18(4)29-28(30)36-23/h5,8-14,16-17,25H,1,6-7,15H2,2-4H3/t25-/m0/s1. The smallest absolute Gasteiger partial charge is 0.338 e. The minimum absolute atomic E-state index is 0.223. The molecule has 0 spiro atoms. The summed E-state index contributed by atoms with van der Waals surface area (Å²) in [5.41, 5.74) is 2.23. The number of benzene rings is 2. The monoisotopic (exact) mass is 504 g/mol. The van der Waals surface area contributed by atoms with Crippen LogP contribution in [-0.4, -0.2) is 30.4 Å². The van der Waals surface area contributed by atoms with Gasteiger partial charge in [0.2, 0.25) is 0 Å². The summed E-state index contributed by atoms with van der Waals surface area (Å²) in [6, 6.07) is 14.2. The highest BCUT2D eigenvalue weighted by Crippen LogP contribution is 2.31. The SMILES string of the molecule is C=CCOc1cccc(C=c2sc3n(c2=O)[C@@H](c2ccc(OCC)cc2)C(C(=O)OCC)=C(C)N=3)c1. The molecule has 0 N–H and O–H groups in total. The van der Waals surface area contributed by atoms with E-state index < -0.39 is 12.0 Å². The zero-order valence-corrected chi connectivity index (χ0v) is 21.3. The van der Waals surface area contributed by atoms with Gasteiger partial charge < -0.3 is 14.2 Å². The van der Waals surface area contributed by atoms with Gasteiger partial charge in [0.15, 0.2) is 4.80 Å². The predicted molar refractivity (Wildman–Crippen MR) is 140 cm³/mol. The molecule has 0 bridgehead atoms. The van der Waals surface area contributed by atoms with Crippen LogP contribution in [0.1, 0.15) is 37.9 Å². The molecule has 2 aromatic carbocycles. The van der Waals surface area contributed by atoms with E-state index in [2.05, 4.69) is 11.6 Å². The van der Waals surface area contributed by atoms with Gasteiger partial charge >= 0.3 is 5.97 Å². The predicted octanol–water partition coefficient (Wildman–Crippen LogP) is 3.76. The molecular formula is C28H28N2O5S. The van der Waals surface area contributed by atoms with Crippen molar-refractivity contribution in [1.82, 2.24) is 4.57 Å². The van der Waals surface area contributed by atoms with Crippen LogP contribution in [0, 0.1) is 0 Å². The lowest BCUT2D eigenvalue weighted by Gasteiger charge is -2.24. The molecule has 0 unspecified atom stereocenters. The highest BCUT2D eigenvalue weighted by Gasteiger charge is 2.33. The molecule has 7 nitrogen and oxygen atoms in total. The molecule has 8 heteroatoms. The van der Waals surface area contributed by atoms with Gasteiger partial charge in [-0.25, -0.2) is 9.79 Å². The lowest BCUT2D eigenvalue weighted by Crippen LogP contribution is -2.39. The summed E-state index contributed by atoms with van der Waals surface area (Å²) in [5, 5.41) is 0. The minimum Gasteiger partial charge on any atom is -0.494 e. The van der Waals surface area contributed by atoms with E-state index in [4.69, 9.17) is 14.2 Å². The maximum Gasteiger partial charge on any atom is 0.338 e. The van der Waals surface area contributed by atoms with Gasteiger partial charge in [-0.2, -0.15) is 0 Å². The summed E-state index contributed by atoms with van der Waals surface area (Å²) in [6.07, 6.45) is 3.48. The zero-order chi connectivity index (χ0) is 25.7. The third-order valence-corrected chi connectivity index (χ3v) is 6.53. The van der Waals surface area contributed by atoms with E-state index in [0.29, 0.717) is 45.3 Å². The number of thiazole rings is 1. The first kappa shape index (κ1) is 25.2. The molecule has 1 atom stereocenters. The number of allylic oxidation sites excluding steroid dienone is 1. The lowest BCUT2D eigenvalue weighted by molar-refractivity contribution is -0.139. The highest BCUT2D eigenvalue weighted by atomic mass is 32.1. The van der Waals surface area contributed by atoms with E-state index >= 15 is 0 Å². The molecular weight excluding hydrogens is 476 g/mol. The summed E-state index contributed by atoms with van der Waals surface area (Å²) >= 11 is 1.28. The Morgan fingerprint density at radius 1 is 1.11 bits per heavy atom. The molecule has 1 aromatic heterocycles. The van der Waals surface area contributed by atoms with Crippen LogP contribution < -0.4 is 24.4 Å². The Hall–Kier alpha value is -3.91. The van der Waals surface area contributed by atoms with Crippen LogP contribution in [0.25, 0.3) is 6.08 Å². The quantitative estimate of drug-likeness (QED) is 0.328. The maximum atomic E-state index is 13.7. The van der Waals surface area contributed by atoms with E-state index in [-0.39, 0.29) is 12.2 Å². The third kappa shape index (κ3) is 5.18. The van der Waals surface area contributed by atoms with Crippen molar-refractivity contribution >= 4 is 23.4 Å². The molecule has 0 saturated heterocycles. The van der Waals surface area contributed by atoms with Crippen molar-refractivity contribution in [2.24, 2.45) is 4.99 Å². The van der Waals surface area contributed by atoms with Gasteiger partial charge in [0, 0.05) is 0 Å². The van der Waals surface area contributed by atoms with Crippen molar-refractivity contribution in [2.75, 3.05) is 19.8 Å². The molecule has 0 fully saturated rings. The topological polar surface area (TPSA) is 79.1 Å². The second-order valence-corrected chi connectivity index (χ2v) is 8.99. The second-order valence-electron chi connectivity index (χ2n) is 7.98. The fourth-order valence-electron chi connectivity index (χ4n) is 4.02. The Morgan fingerprint density at radius 3 is 2.58 bits per heavy atom. The van der Waals surface area contributed by atoms with Crippen LogP contribution in [-0.2, 0) is 9.53 Å². The van der Waals surface area contributed by atoms with Gasteiger partial charge in [0.25, 0.3) is 5.56 Å². The Labute approximate surface area is 213 Å². The molecule has 0 amide bonds. The minimum atomic E-state index is -0.666. The summed E-state index contributed by atoms with van der Waals surface area (Å²) in [7, 11) is 0. The van der Waals surface area contributed by atoms with Crippen LogP contribution in [0.2, 0.25) is 0 Å². The average molecular weight is 505 g/mol. The molecule has 3 aromatic rings. The van der Waals surface area contributed by atoms with Gasteiger partial charge in [0.05, 0.1) is 35.1 Å². The van der Waals surface area contributed by atoms with Crippen molar-refractivity contribution in [1.29, 1.82) is 0 Å². The molecule has 0 saturated carbocycles. The Bertz CT molecular complexity index is 1480. The lowest BCUT2D eigenvalue weighted by atomic mass is 9.96. The van der Waals surface area contributed by atoms with Crippen molar-refractivity contribution < 1.29 is 19.0 Å². The summed E-state index contributed by atoms with van der Waals surface area (Å²) in [6.45, 7) is 10.3. The zero-order valence-electron chi connectivity index (χ0n) is 20.5. The molecule has 1 aliphatic heterocycles. The summed E-state index contributed by atoms with van der Waals surface area (Å²) in [5.74, 6) is 0.911. The average Bonchev–Trinajstić information content (AvgIpc) is 3.17. The Kier molecular flexibility index (Phi) is 7.85. The van der Waals surface area contributed by atoms with E-state index in [0.717, 1.165) is 11.1 Å². The molecule has 1 aliphatic rings. The number of rotatable bonds is 9. The largest absolute Gasteiger partial charge is 0.494 e. The molecule has 0 radical (unpaired) electrons. The van der Waals surface area contributed by atoms with Crippen LogP contribution in [0.5, 0.6) is 11.5 Å². The first-order valence-corrected chi connectivity index (χ1v) is 12.5. The number of hydrogen-bond donors (Lipinski definition) is 0. The molecule has 2 heterocycles. The van der Waals surface area contributed by atoms with Crippen LogP contribution in [0.15, 0.2) is 82.2 Å². The van der Waals surface area contributed by atoms with Gasteiger partial charge in [0.1, 0.15) is 18.1 Å². The second kappa shape index (κ2) is 11.2. The van der Waals surface area contributed by atoms with Crippen molar-refractivity contribution in [3.05, 3.63) is 103 Å². The summed E-state index contributed by atoms with van der Waals surface area (Å²) < 4.78 is 18.6. The van der Waals surface area contributed by atoms with Gasteiger partial charge in [-0.3, -0.25) is 9.36 Å². The first-order valence-electron chi connectivity index (χ1n) is 11.7. The van der Waals surface area contributed by atoms with Crippen LogP contribution in [0.3, 0.4) is 0 Å². The highest BCUT2D eigenvalue weighted by molar-refractivity contribution is 7.07. The fraction of sp³-hybridized carbons (Fsp3) is 0.250. The number of carbonyl (C=O) groups excluding carboxylic acids is 1. The third-order valence-electron chi connectivity index (χ3n) is 5.55. The molecule has 4 rings (SSSR count). The van der Waals surface area contributed by atoms with Crippen LogP contribution >= 0.6 is 11.3 Å². The van der Waals surface area contributed by atoms with E-state index in [1.165, 1.54) is 11.3 Å². The number of ether oxygens (including phenoxy) is 3. The van der Waals surface area contributed by atoms with Gasteiger partial charge in [-0.15, -0.1) is 0 Å². The normalized spacial score (nSPS) is 15.2. The van der Waals surface area contributed by atoms with Gasteiger partial charge in [-0.05, 0) is 62.2 Å². The van der Waals surface area contributed by atoms with Crippen LogP contribution in [0.4, 0.5) is 0 Å². The first-order chi connectivity index (χ1) is 17.5. The van der Waals surface area contributed by atoms with E-state index in [9.17, 15) is 9.59 Å². The number of nitrogens with zero attached hydrogens (tertiary/aromatic N) is 2. The van der Waals surface area contributed by atoms with Gasteiger partial charge in [-0.1, -0.05) is 48.3 Å². The maximum absolute atomic E-state index is 13.7. The van der Waals surface area contributed by atoms with E-state index in [1.54, 1.807) is 24.5 Å². The Balaban J connectivity index is 1.86. The Morgan fingerprint density at radius 2 is 1.89 bits per heavy atom. The number of aromatic nitrogens is 1. The van der Waals surface area contributed by atoms with E-state index in [1.807, 2.05) is 61.5 Å².